The van der Waals surface area contributed by atoms with E-state index >= 15 is 0 Å². The quantitative estimate of drug-likeness (QED) is 0.497. The molecule has 3 saturated carbocycles. The molecule has 11 heavy (non-hydrogen) atoms. The Morgan fingerprint density at radius 3 is 1.73 bits per heavy atom. The first-order valence-corrected chi connectivity index (χ1v) is 5.45. The van der Waals surface area contributed by atoms with Gasteiger partial charge in [0.15, 0.2) is 0 Å². The van der Waals surface area contributed by atoms with Crippen molar-refractivity contribution in [3.8, 4) is 0 Å². The van der Waals surface area contributed by atoms with Gasteiger partial charge in [-0.25, -0.2) is 0 Å². The van der Waals surface area contributed by atoms with Crippen LogP contribution in [-0.2, 0) is 0 Å². The Balaban J connectivity index is 1.84. The molecule has 0 aromatic carbocycles. The van der Waals surface area contributed by atoms with Crippen molar-refractivity contribution in [3.05, 3.63) is 0 Å². The maximum atomic E-state index is 1.62. The fourth-order valence-corrected chi connectivity index (χ4v) is 4.19. The van der Waals surface area contributed by atoms with Gasteiger partial charge in [0.2, 0.25) is 0 Å². The van der Waals surface area contributed by atoms with E-state index in [1.165, 1.54) is 23.7 Å². The predicted molar refractivity (Wildman–Crippen MR) is 46.3 cm³/mol. The van der Waals surface area contributed by atoms with Crippen LogP contribution in [0, 0.1) is 23.7 Å². The van der Waals surface area contributed by atoms with Gasteiger partial charge in [0.05, 0.1) is 0 Å². The van der Waals surface area contributed by atoms with Crippen LogP contribution < -0.4 is 0 Å². The fourth-order valence-electron chi connectivity index (χ4n) is 4.19. The summed E-state index contributed by atoms with van der Waals surface area (Å²) in [7, 11) is 0. The number of hydrogen-bond acceptors (Lipinski definition) is 0. The summed E-state index contributed by atoms with van der Waals surface area (Å²) in [5.74, 6) is 4.76. The van der Waals surface area contributed by atoms with Crippen molar-refractivity contribution in [1.29, 1.82) is 0 Å². The van der Waals surface area contributed by atoms with E-state index in [0.717, 1.165) is 0 Å². The van der Waals surface area contributed by atoms with E-state index in [4.69, 9.17) is 0 Å². The largest absolute Gasteiger partial charge is 0.0530 e. The third-order valence-electron chi connectivity index (χ3n) is 4.60. The molecule has 0 N–H and O–H groups in total. The van der Waals surface area contributed by atoms with Crippen LogP contribution in [0.1, 0.15) is 44.9 Å². The van der Waals surface area contributed by atoms with Gasteiger partial charge in [-0.15, -0.1) is 0 Å². The first-order valence-electron chi connectivity index (χ1n) is 5.45. The van der Waals surface area contributed by atoms with E-state index in [9.17, 15) is 0 Å². The number of fused-ring (bicyclic) bond motifs is 5. The summed E-state index contributed by atoms with van der Waals surface area (Å²) >= 11 is 0. The highest BCUT2D eigenvalue weighted by Gasteiger charge is 2.47. The van der Waals surface area contributed by atoms with E-state index in [-0.39, 0.29) is 0 Å². The zero-order valence-corrected chi connectivity index (χ0v) is 7.26. The van der Waals surface area contributed by atoms with Crippen LogP contribution in [0.4, 0.5) is 0 Å². The number of rotatable bonds is 0. The minimum atomic E-state index is 1.19. The van der Waals surface area contributed by atoms with Gasteiger partial charge >= 0.3 is 0 Å². The van der Waals surface area contributed by atoms with Crippen molar-refractivity contribution in [3.63, 3.8) is 0 Å². The van der Waals surface area contributed by atoms with Gasteiger partial charge in [0.25, 0.3) is 0 Å². The molecule has 0 aromatic heterocycles. The maximum Gasteiger partial charge on any atom is -0.0355 e. The highest BCUT2D eigenvalue weighted by molar-refractivity contribution is 4.97. The maximum absolute atomic E-state index is 1.62. The van der Waals surface area contributed by atoms with Crippen molar-refractivity contribution < 1.29 is 0 Å². The van der Waals surface area contributed by atoms with E-state index in [1.54, 1.807) is 44.9 Å². The highest BCUT2D eigenvalue weighted by Crippen LogP contribution is 2.57. The molecule has 0 nitrogen and oxygen atoms in total. The molecule has 3 fully saturated rings. The molecule has 0 aliphatic heterocycles. The lowest BCUT2D eigenvalue weighted by Crippen LogP contribution is -2.25. The van der Waals surface area contributed by atoms with Crippen LogP contribution in [0.2, 0.25) is 0 Å². The molecule has 0 saturated heterocycles. The zero-order chi connectivity index (χ0) is 7.26. The molecule has 2 unspecified atom stereocenters. The Morgan fingerprint density at radius 1 is 0.636 bits per heavy atom. The molecule has 3 aliphatic rings. The molecule has 2 bridgehead atoms. The third-order valence-corrected chi connectivity index (χ3v) is 4.60. The standard InChI is InChI=1S/C11H18/c1-2-4-11-9-6-5-8(7-9)10(11)3-1/h8-11H,1-7H2/t8-,9+,10?,11?. The molecule has 4 atom stereocenters. The Morgan fingerprint density at radius 2 is 1.18 bits per heavy atom. The zero-order valence-electron chi connectivity index (χ0n) is 7.26. The number of hydrogen-bond donors (Lipinski definition) is 0. The van der Waals surface area contributed by atoms with Gasteiger partial charge < -0.3 is 0 Å². The molecule has 0 spiro atoms. The molecule has 62 valence electrons. The van der Waals surface area contributed by atoms with Crippen molar-refractivity contribution in [2.75, 3.05) is 0 Å². The first-order chi connectivity index (χ1) is 5.45. The van der Waals surface area contributed by atoms with Crippen LogP contribution in [-0.4, -0.2) is 0 Å². The van der Waals surface area contributed by atoms with Gasteiger partial charge in [-0.1, -0.05) is 12.8 Å². The Labute approximate surface area is 69.4 Å². The molecule has 3 aliphatic carbocycles. The summed E-state index contributed by atoms with van der Waals surface area (Å²) in [5.41, 5.74) is 0. The van der Waals surface area contributed by atoms with E-state index < -0.39 is 0 Å². The topological polar surface area (TPSA) is 0 Å². The smallest absolute Gasteiger partial charge is 0.0355 e. The van der Waals surface area contributed by atoms with Crippen LogP contribution in [0.3, 0.4) is 0 Å². The third kappa shape index (κ3) is 0.816. The normalized spacial score (nSPS) is 54.5. The lowest BCUT2D eigenvalue weighted by molar-refractivity contribution is 0.158. The van der Waals surface area contributed by atoms with Crippen LogP contribution in [0.15, 0.2) is 0 Å². The minimum Gasteiger partial charge on any atom is -0.0530 e. The molecule has 0 heterocycles. The Bertz CT molecular complexity index is 143. The fraction of sp³-hybridized carbons (Fsp3) is 1.00. The van der Waals surface area contributed by atoms with Crippen LogP contribution in [0.5, 0.6) is 0 Å². The monoisotopic (exact) mass is 150 g/mol. The molecular formula is C11H18. The van der Waals surface area contributed by atoms with Crippen molar-refractivity contribution >= 4 is 0 Å². The summed E-state index contributed by atoms with van der Waals surface area (Å²) in [6, 6.07) is 0. The summed E-state index contributed by atoms with van der Waals surface area (Å²) in [5, 5.41) is 0. The second kappa shape index (κ2) is 2.24. The van der Waals surface area contributed by atoms with E-state index in [1.807, 2.05) is 0 Å². The van der Waals surface area contributed by atoms with E-state index in [0.29, 0.717) is 0 Å². The van der Waals surface area contributed by atoms with Crippen molar-refractivity contribution in [2.45, 2.75) is 44.9 Å². The second-order valence-electron chi connectivity index (χ2n) is 4.95. The first kappa shape index (κ1) is 6.51. The molecule has 0 amide bonds. The van der Waals surface area contributed by atoms with Gasteiger partial charge in [0.1, 0.15) is 0 Å². The van der Waals surface area contributed by atoms with Crippen LogP contribution in [0.25, 0.3) is 0 Å². The summed E-state index contributed by atoms with van der Waals surface area (Å²) in [4.78, 5) is 0. The van der Waals surface area contributed by atoms with Gasteiger partial charge in [-0.3, -0.25) is 0 Å². The average molecular weight is 150 g/mol. The Kier molecular flexibility index (Phi) is 1.33. The molecule has 0 radical (unpaired) electrons. The summed E-state index contributed by atoms with van der Waals surface area (Å²) in [6.45, 7) is 0. The Hall–Kier alpha value is 0. The molecule has 3 rings (SSSR count). The van der Waals surface area contributed by atoms with Crippen LogP contribution >= 0.6 is 0 Å². The van der Waals surface area contributed by atoms with E-state index in [2.05, 4.69) is 0 Å². The van der Waals surface area contributed by atoms with Crippen molar-refractivity contribution in [2.24, 2.45) is 23.7 Å². The summed E-state index contributed by atoms with van der Waals surface area (Å²) in [6.07, 6.45) is 11.1. The predicted octanol–water partition coefficient (Wildman–Crippen LogP) is 3.22. The van der Waals surface area contributed by atoms with Gasteiger partial charge in [-0.05, 0) is 55.8 Å². The SMILES string of the molecule is C1CCC2C(C1)[C@@H]1CC[C@H]2C1. The lowest BCUT2D eigenvalue weighted by atomic mass is 9.71. The minimum absolute atomic E-state index is 1.19. The molecule has 0 heteroatoms. The highest BCUT2D eigenvalue weighted by atomic mass is 14.5. The van der Waals surface area contributed by atoms with Gasteiger partial charge in [-0.2, -0.15) is 0 Å². The molecular weight excluding hydrogens is 132 g/mol. The second-order valence-corrected chi connectivity index (χ2v) is 4.95. The van der Waals surface area contributed by atoms with Crippen molar-refractivity contribution in [1.82, 2.24) is 0 Å². The summed E-state index contributed by atoms with van der Waals surface area (Å²) < 4.78 is 0. The average Bonchev–Trinajstić information content (AvgIpc) is 2.64. The lowest BCUT2D eigenvalue weighted by Gasteiger charge is -2.34. The van der Waals surface area contributed by atoms with Gasteiger partial charge in [0, 0.05) is 0 Å². The molecule has 0 aromatic rings.